The molecule has 0 unspecified atom stereocenters. The molecule has 4 rings (SSSR count). The highest BCUT2D eigenvalue weighted by atomic mass is 19.1. The number of ether oxygens (including phenoxy) is 1. The van der Waals surface area contributed by atoms with Gasteiger partial charge >= 0.3 is 0 Å². The maximum Gasteiger partial charge on any atom is 0.249 e. The lowest BCUT2D eigenvalue weighted by Gasteiger charge is -2.40. The Morgan fingerprint density at radius 2 is 1.97 bits per heavy atom. The summed E-state index contributed by atoms with van der Waals surface area (Å²) in [5.41, 5.74) is 3.82. The third kappa shape index (κ3) is 6.26. The summed E-state index contributed by atoms with van der Waals surface area (Å²) in [5.74, 6) is 0.171. The van der Waals surface area contributed by atoms with Crippen molar-refractivity contribution in [1.82, 2.24) is 15.4 Å². The van der Waals surface area contributed by atoms with Crippen LogP contribution in [0.2, 0.25) is 0 Å². The van der Waals surface area contributed by atoms with Gasteiger partial charge in [-0.05, 0) is 87.5 Å². The lowest BCUT2D eigenvalue weighted by atomic mass is 9.73. The minimum atomic E-state index is -0.990. The van der Waals surface area contributed by atoms with Crippen LogP contribution in [0.4, 0.5) is 4.39 Å². The van der Waals surface area contributed by atoms with Crippen molar-refractivity contribution >= 4 is 16.8 Å². The van der Waals surface area contributed by atoms with E-state index in [2.05, 4.69) is 22.0 Å². The number of hydrogen-bond acceptors (Lipinski definition) is 6. The highest BCUT2D eigenvalue weighted by molar-refractivity contribution is 5.85. The zero-order valence-electron chi connectivity index (χ0n) is 21.3. The molecule has 1 aromatic heterocycles. The first kappa shape index (κ1) is 27.0. The van der Waals surface area contributed by atoms with Crippen molar-refractivity contribution in [2.24, 2.45) is 5.41 Å². The third-order valence-corrected chi connectivity index (χ3v) is 7.75. The Bertz CT molecular complexity index is 1180. The second-order valence-electron chi connectivity index (χ2n) is 9.92. The first-order valence-corrected chi connectivity index (χ1v) is 12.9. The van der Waals surface area contributed by atoms with Gasteiger partial charge in [-0.2, -0.15) is 0 Å². The first-order valence-electron chi connectivity index (χ1n) is 12.9. The number of hydrogen-bond donors (Lipinski definition) is 3. The van der Waals surface area contributed by atoms with Gasteiger partial charge in [-0.3, -0.25) is 15.0 Å². The molecular formula is C29H36FN3O4. The topological polar surface area (TPSA) is 94.9 Å². The number of aryl methyl sites for hydroxylation is 1. The lowest BCUT2D eigenvalue weighted by Crippen LogP contribution is -2.48. The zero-order chi connectivity index (χ0) is 26.3. The van der Waals surface area contributed by atoms with Gasteiger partial charge in [0.15, 0.2) is 0 Å². The van der Waals surface area contributed by atoms with Gasteiger partial charge in [0.25, 0.3) is 0 Å². The van der Waals surface area contributed by atoms with Crippen LogP contribution in [0.15, 0.2) is 54.7 Å². The normalized spacial score (nSPS) is 16.4. The van der Waals surface area contributed by atoms with Crippen LogP contribution in [0.1, 0.15) is 54.9 Å². The summed E-state index contributed by atoms with van der Waals surface area (Å²) in [7, 11) is 1.55. The van der Waals surface area contributed by atoms with Crippen molar-refractivity contribution in [3.8, 4) is 5.75 Å². The number of piperidine rings is 1. The number of halogens is 1. The van der Waals surface area contributed by atoms with Gasteiger partial charge in [-0.1, -0.05) is 30.3 Å². The van der Waals surface area contributed by atoms with E-state index in [4.69, 9.17) is 4.74 Å². The van der Waals surface area contributed by atoms with Crippen LogP contribution >= 0.6 is 0 Å². The Kier molecular flexibility index (Phi) is 9.08. The number of hydroxylamine groups is 1. The number of carbonyl (C=O) groups is 1. The number of nitrogens with one attached hydrogen (secondary N) is 1. The maximum absolute atomic E-state index is 13.9. The number of aliphatic hydroxyl groups is 1. The molecule has 1 amide bonds. The molecular weight excluding hydrogens is 473 g/mol. The van der Waals surface area contributed by atoms with Crippen molar-refractivity contribution < 1.29 is 24.2 Å². The number of likely N-dealkylation sites (tertiary alicyclic amines) is 1. The van der Waals surface area contributed by atoms with E-state index in [0.717, 1.165) is 32.5 Å². The molecule has 0 bridgehead atoms. The van der Waals surface area contributed by atoms with Crippen molar-refractivity contribution in [2.75, 3.05) is 26.7 Å². The van der Waals surface area contributed by atoms with Gasteiger partial charge in [0.1, 0.15) is 12.4 Å². The largest absolute Gasteiger partial charge is 0.497 e. The quantitative estimate of drug-likeness (QED) is 0.255. The number of alkyl halides is 1. The van der Waals surface area contributed by atoms with Gasteiger partial charge in [0.2, 0.25) is 5.91 Å². The Balaban J connectivity index is 1.43. The summed E-state index contributed by atoms with van der Waals surface area (Å²) in [6, 6.07) is 15.7. The molecule has 37 heavy (non-hydrogen) atoms. The van der Waals surface area contributed by atoms with E-state index in [-0.39, 0.29) is 6.42 Å². The molecule has 3 N–H and O–H groups in total. The van der Waals surface area contributed by atoms with Crippen molar-refractivity contribution in [1.29, 1.82) is 0 Å². The van der Waals surface area contributed by atoms with Crippen LogP contribution < -0.4 is 10.2 Å². The average Bonchev–Trinajstić information content (AvgIpc) is 2.95. The minimum Gasteiger partial charge on any atom is -0.497 e. The van der Waals surface area contributed by atoms with E-state index in [1.165, 1.54) is 11.8 Å². The van der Waals surface area contributed by atoms with Crippen LogP contribution in [0.3, 0.4) is 0 Å². The second-order valence-corrected chi connectivity index (χ2v) is 9.92. The molecule has 7 nitrogen and oxygen atoms in total. The van der Waals surface area contributed by atoms with E-state index in [1.54, 1.807) is 25.3 Å². The fourth-order valence-electron chi connectivity index (χ4n) is 5.48. The number of aliphatic hydroxyl groups excluding tert-OH is 1. The van der Waals surface area contributed by atoms with Crippen molar-refractivity contribution in [2.45, 2.75) is 51.3 Å². The predicted molar refractivity (Wildman–Crippen MR) is 140 cm³/mol. The number of aromatic nitrogens is 1. The Morgan fingerprint density at radius 1 is 1.22 bits per heavy atom. The summed E-state index contributed by atoms with van der Waals surface area (Å²) in [6.45, 7) is 1.67. The predicted octanol–water partition coefficient (Wildman–Crippen LogP) is 4.75. The Labute approximate surface area is 217 Å². The maximum atomic E-state index is 13.9. The fourth-order valence-corrected chi connectivity index (χ4v) is 5.48. The molecule has 3 aromatic rings. The smallest absolute Gasteiger partial charge is 0.249 e. The number of nitrogens with zero attached hydrogens (tertiary/aromatic N) is 2. The van der Waals surface area contributed by atoms with E-state index in [1.807, 2.05) is 23.7 Å². The number of benzene rings is 2. The van der Waals surface area contributed by atoms with Crippen LogP contribution in [0.5, 0.6) is 5.75 Å². The third-order valence-electron chi connectivity index (χ3n) is 7.75. The zero-order valence-corrected chi connectivity index (χ0v) is 21.3. The summed E-state index contributed by atoms with van der Waals surface area (Å²) < 4.78 is 19.2. The number of amides is 1. The molecule has 8 heteroatoms. The molecule has 1 aliphatic rings. The van der Waals surface area contributed by atoms with Crippen LogP contribution in [-0.4, -0.2) is 52.8 Å². The molecule has 1 atom stereocenters. The second kappa shape index (κ2) is 12.4. The molecule has 2 aromatic carbocycles. The molecule has 0 aliphatic carbocycles. The number of carbonyl (C=O) groups excluding carboxylic acids is 1. The molecule has 198 valence electrons. The van der Waals surface area contributed by atoms with Crippen LogP contribution in [0, 0.1) is 5.41 Å². The van der Waals surface area contributed by atoms with E-state index in [9.17, 15) is 19.5 Å². The number of rotatable bonds is 11. The van der Waals surface area contributed by atoms with E-state index < -0.39 is 24.1 Å². The number of methoxy groups -OCH3 is 1. The van der Waals surface area contributed by atoms with E-state index in [0.29, 0.717) is 47.0 Å². The van der Waals surface area contributed by atoms with Gasteiger partial charge in [0.05, 0.1) is 24.1 Å². The molecule has 0 saturated carbocycles. The molecule has 1 saturated heterocycles. The summed E-state index contributed by atoms with van der Waals surface area (Å²) >= 11 is 0. The molecule has 1 fully saturated rings. The first-order chi connectivity index (χ1) is 18.0. The van der Waals surface area contributed by atoms with Crippen molar-refractivity contribution in [3.63, 3.8) is 0 Å². The monoisotopic (exact) mass is 509 g/mol. The standard InChI is InChI=1S/C29H36FN3O4/c1-37-23-9-10-25-24(18-23)27(22(19-30)20-31-25)26(34)11-12-29(28(35)32-36)13-16-33(17-14-29)15-5-8-21-6-3-2-4-7-21/h2-4,6-7,9-10,18,20,26,34,36H,5,8,11-17,19H2,1H3,(H,32,35)/t26-/m1/s1. The average molecular weight is 510 g/mol. The van der Waals surface area contributed by atoms with Gasteiger partial charge in [-0.15, -0.1) is 0 Å². The summed E-state index contributed by atoms with van der Waals surface area (Å²) in [5, 5.41) is 21.4. The molecule has 0 radical (unpaired) electrons. The number of fused-ring (bicyclic) bond motifs is 1. The fraction of sp³-hybridized carbons (Fsp3) is 0.448. The van der Waals surface area contributed by atoms with Gasteiger partial charge in [-0.25, -0.2) is 9.87 Å². The summed E-state index contributed by atoms with van der Waals surface area (Å²) in [6.07, 6.45) is 4.30. The van der Waals surface area contributed by atoms with Gasteiger partial charge < -0.3 is 14.7 Å². The Morgan fingerprint density at radius 3 is 2.65 bits per heavy atom. The highest BCUT2D eigenvalue weighted by Gasteiger charge is 2.41. The van der Waals surface area contributed by atoms with Crippen molar-refractivity contribution in [3.05, 3.63) is 71.4 Å². The van der Waals surface area contributed by atoms with E-state index >= 15 is 0 Å². The SMILES string of the molecule is COc1ccc2ncc(CF)c([C@H](O)CCC3(C(=O)NO)CCN(CCCc4ccccc4)CC3)c2c1. The van der Waals surface area contributed by atoms with Crippen LogP contribution in [-0.2, 0) is 17.9 Å². The molecule has 1 aliphatic heterocycles. The molecule has 2 heterocycles. The highest BCUT2D eigenvalue weighted by Crippen LogP contribution is 2.40. The summed E-state index contributed by atoms with van der Waals surface area (Å²) in [4.78, 5) is 19.5. The number of pyridine rings is 1. The Hall–Kier alpha value is -3.07. The van der Waals surface area contributed by atoms with Crippen LogP contribution in [0.25, 0.3) is 10.9 Å². The van der Waals surface area contributed by atoms with Gasteiger partial charge in [0, 0.05) is 17.1 Å². The minimum absolute atomic E-state index is 0.255. The lowest BCUT2D eigenvalue weighted by molar-refractivity contribution is -0.143. The molecule has 0 spiro atoms.